The molecule has 70 valence electrons. The van der Waals surface area contributed by atoms with E-state index in [2.05, 4.69) is 0 Å². The first-order valence-corrected chi connectivity index (χ1v) is 4.17. The number of aliphatic carboxylic acids is 1. The highest BCUT2D eigenvalue weighted by Crippen LogP contribution is 2.25. The van der Waals surface area contributed by atoms with Crippen molar-refractivity contribution in [3.8, 4) is 0 Å². The van der Waals surface area contributed by atoms with Gasteiger partial charge in [0, 0.05) is 19.1 Å². The summed E-state index contributed by atoms with van der Waals surface area (Å²) in [6.45, 7) is 4.80. The van der Waals surface area contributed by atoms with Crippen LogP contribution in [-0.2, 0) is 4.79 Å². The average Bonchev–Trinajstić information content (AvgIpc) is 2.64. The lowest BCUT2D eigenvalue weighted by Gasteiger charge is -2.08. The molecule has 0 spiro atoms. The highest BCUT2D eigenvalue weighted by Gasteiger charge is 2.41. The Kier molecular flexibility index (Phi) is 2.69. The lowest BCUT2D eigenvalue weighted by Crippen LogP contribution is -2.23. The second-order valence-electron chi connectivity index (χ2n) is 3.50. The van der Waals surface area contributed by atoms with Gasteiger partial charge in [0.2, 0.25) is 0 Å². The van der Waals surface area contributed by atoms with Crippen molar-refractivity contribution in [3.05, 3.63) is 0 Å². The summed E-state index contributed by atoms with van der Waals surface area (Å²) in [5.41, 5.74) is 0. The van der Waals surface area contributed by atoms with Gasteiger partial charge in [-0.15, -0.1) is 0 Å². The minimum atomic E-state index is -0.756. The van der Waals surface area contributed by atoms with Crippen molar-refractivity contribution >= 4 is 5.97 Å². The normalized spacial score (nSPS) is 32.6. The van der Waals surface area contributed by atoms with Crippen LogP contribution in [0.25, 0.3) is 0 Å². The van der Waals surface area contributed by atoms with Gasteiger partial charge < -0.3 is 10.2 Å². The number of rotatable bonds is 4. The van der Waals surface area contributed by atoms with E-state index in [-0.39, 0.29) is 18.1 Å². The van der Waals surface area contributed by atoms with Crippen molar-refractivity contribution in [1.82, 2.24) is 4.90 Å². The van der Waals surface area contributed by atoms with Crippen LogP contribution in [0.5, 0.6) is 0 Å². The third-order valence-corrected chi connectivity index (χ3v) is 2.22. The Hall–Kier alpha value is -0.610. The van der Waals surface area contributed by atoms with Gasteiger partial charge in [-0.25, -0.2) is 0 Å². The minimum Gasteiger partial charge on any atom is -0.481 e. The fourth-order valence-corrected chi connectivity index (χ4v) is 1.38. The first-order chi connectivity index (χ1) is 5.52. The maximum atomic E-state index is 10.5. The molecule has 12 heavy (non-hydrogen) atoms. The molecule has 0 amide bonds. The molecule has 1 saturated heterocycles. The highest BCUT2D eigenvalue weighted by atomic mass is 16.4. The van der Waals surface area contributed by atoms with Crippen LogP contribution in [0.4, 0.5) is 0 Å². The Morgan fingerprint density at radius 3 is 2.67 bits per heavy atom. The summed E-state index contributed by atoms with van der Waals surface area (Å²) >= 11 is 0. The van der Waals surface area contributed by atoms with Gasteiger partial charge in [-0.05, 0) is 6.92 Å². The SMILES string of the molecule is CC(O)CN1CC1C(C)C(=O)O. The number of carbonyl (C=O) groups is 1. The first kappa shape index (κ1) is 9.48. The Balaban J connectivity index is 2.27. The summed E-state index contributed by atoms with van der Waals surface area (Å²) in [4.78, 5) is 12.5. The Morgan fingerprint density at radius 1 is 1.67 bits per heavy atom. The third-order valence-electron chi connectivity index (χ3n) is 2.22. The molecule has 2 N–H and O–H groups in total. The third kappa shape index (κ3) is 2.19. The molecule has 0 aliphatic carbocycles. The van der Waals surface area contributed by atoms with E-state index in [1.165, 1.54) is 0 Å². The van der Waals surface area contributed by atoms with Crippen LogP contribution in [0.1, 0.15) is 13.8 Å². The van der Waals surface area contributed by atoms with Crippen molar-refractivity contribution in [3.63, 3.8) is 0 Å². The van der Waals surface area contributed by atoms with Crippen LogP contribution < -0.4 is 0 Å². The van der Waals surface area contributed by atoms with Gasteiger partial charge in [0.25, 0.3) is 0 Å². The van der Waals surface area contributed by atoms with Crippen molar-refractivity contribution < 1.29 is 15.0 Å². The molecule has 1 fully saturated rings. The first-order valence-electron chi connectivity index (χ1n) is 4.17. The maximum absolute atomic E-state index is 10.5. The van der Waals surface area contributed by atoms with E-state index in [4.69, 9.17) is 10.2 Å². The predicted octanol–water partition coefficient (Wildman–Crippen LogP) is -0.228. The van der Waals surface area contributed by atoms with Gasteiger partial charge in [0.05, 0.1) is 12.0 Å². The molecular formula is C8H15NO3. The average molecular weight is 173 g/mol. The molecule has 1 aliphatic heterocycles. The number of aliphatic hydroxyl groups is 1. The summed E-state index contributed by atoms with van der Waals surface area (Å²) in [5, 5.41) is 17.7. The van der Waals surface area contributed by atoms with E-state index in [0.717, 1.165) is 6.54 Å². The summed E-state index contributed by atoms with van der Waals surface area (Å²) in [5.74, 6) is -1.07. The van der Waals surface area contributed by atoms with Crippen molar-refractivity contribution in [2.75, 3.05) is 13.1 Å². The van der Waals surface area contributed by atoms with Crippen LogP contribution in [-0.4, -0.2) is 46.3 Å². The van der Waals surface area contributed by atoms with E-state index in [0.29, 0.717) is 6.54 Å². The van der Waals surface area contributed by atoms with Crippen LogP contribution in [0, 0.1) is 5.92 Å². The molecule has 4 atom stereocenters. The number of aliphatic hydroxyl groups excluding tert-OH is 1. The Morgan fingerprint density at radius 2 is 2.25 bits per heavy atom. The highest BCUT2D eigenvalue weighted by molar-refractivity contribution is 5.71. The molecule has 0 radical (unpaired) electrons. The molecule has 4 unspecified atom stereocenters. The molecular weight excluding hydrogens is 158 g/mol. The van der Waals surface area contributed by atoms with Gasteiger partial charge in [0.15, 0.2) is 0 Å². The fourth-order valence-electron chi connectivity index (χ4n) is 1.38. The number of carboxylic acid groups (broad SMARTS) is 1. The molecule has 1 aliphatic rings. The van der Waals surface area contributed by atoms with Crippen molar-refractivity contribution in [2.45, 2.75) is 26.0 Å². The van der Waals surface area contributed by atoms with E-state index in [1.54, 1.807) is 13.8 Å². The second-order valence-corrected chi connectivity index (χ2v) is 3.50. The lowest BCUT2D eigenvalue weighted by molar-refractivity contribution is -0.141. The van der Waals surface area contributed by atoms with Crippen LogP contribution in [0.15, 0.2) is 0 Å². The number of nitrogens with zero attached hydrogens (tertiary/aromatic N) is 1. The maximum Gasteiger partial charge on any atom is 0.307 e. The van der Waals surface area contributed by atoms with E-state index in [9.17, 15) is 4.79 Å². The number of β-amino-alcohol motifs (C(OH)–C–C–N with tert-alkyl or cyclic N) is 1. The van der Waals surface area contributed by atoms with E-state index < -0.39 is 5.97 Å². The molecule has 4 heteroatoms. The van der Waals surface area contributed by atoms with Crippen molar-refractivity contribution in [1.29, 1.82) is 0 Å². The van der Waals surface area contributed by atoms with Crippen LogP contribution >= 0.6 is 0 Å². The summed E-state index contributed by atoms with van der Waals surface area (Å²) in [7, 11) is 0. The van der Waals surface area contributed by atoms with Gasteiger partial charge in [-0.3, -0.25) is 9.69 Å². The minimum absolute atomic E-state index is 0.136. The molecule has 0 aromatic rings. The lowest BCUT2D eigenvalue weighted by atomic mass is 10.1. The summed E-state index contributed by atoms with van der Waals surface area (Å²) in [6.07, 6.45) is -0.365. The van der Waals surface area contributed by atoms with E-state index in [1.807, 2.05) is 4.90 Å². The fraction of sp³-hybridized carbons (Fsp3) is 0.875. The molecule has 4 nitrogen and oxygen atoms in total. The van der Waals surface area contributed by atoms with Crippen LogP contribution in [0.3, 0.4) is 0 Å². The molecule has 0 saturated carbocycles. The molecule has 0 aromatic carbocycles. The smallest absolute Gasteiger partial charge is 0.307 e. The molecule has 0 aromatic heterocycles. The number of carboxylic acids is 1. The van der Waals surface area contributed by atoms with Gasteiger partial charge in [-0.1, -0.05) is 6.92 Å². The van der Waals surface area contributed by atoms with Gasteiger partial charge in [-0.2, -0.15) is 0 Å². The van der Waals surface area contributed by atoms with E-state index >= 15 is 0 Å². The summed E-state index contributed by atoms with van der Waals surface area (Å²) in [6, 6.07) is 0.136. The monoisotopic (exact) mass is 173 g/mol. The zero-order valence-electron chi connectivity index (χ0n) is 7.40. The molecule has 1 rings (SSSR count). The summed E-state index contributed by atoms with van der Waals surface area (Å²) < 4.78 is 0. The Labute approximate surface area is 71.8 Å². The Bertz CT molecular complexity index is 181. The van der Waals surface area contributed by atoms with Crippen LogP contribution in [0.2, 0.25) is 0 Å². The zero-order valence-corrected chi connectivity index (χ0v) is 7.40. The number of hydrogen-bond acceptors (Lipinski definition) is 3. The standard InChI is InChI=1S/C8H15NO3/c1-5(10)3-9-4-7(9)6(2)8(11)12/h5-7,10H,3-4H2,1-2H3,(H,11,12). The molecule has 0 bridgehead atoms. The zero-order chi connectivity index (χ0) is 9.30. The molecule has 1 heterocycles. The number of hydrogen-bond donors (Lipinski definition) is 2. The largest absolute Gasteiger partial charge is 0.481 e. The van der Waals surface area contributed by atoms with Gasteiger partial charge >= 0.3 is 5.97 Å². The van der Waals surface area contributed by atoms with Crippen molar-refractivity contribution in [2.24, 2.45) is 5.92 Å². The topological polar surface area (TPSA) is 60.5 Å². The predicted molar refractivity (Wildman–Crippen MR) is 43.8 cm³/mol. The quantitative estimate of drug-likeness (QED) is 0.577. The second kappa shape index (κ2) is 3.41. The van der Waals surface area contributed by atoms with Gasteiger partial charge in [0.1, 0.15) is 0 Å².